The van der Waals surface area contributed by atoms with E-state index in [1.54, 1.807) is 25.1 Å². The van der Waals surface area contributed by atoms with Gasteiger partial charge in [0.05, 0.1) is 22.8 Å². The van der Waals surface area contributed by atoms with Gasteiger partial charge in [0.15, 0.2) is 0 Å². The predicted molar refractivity (Wildman–Crippen MR) is 59.8 cm³/mol. The summed E-state index contributed by atoms with van der Waals surface area (Å²) < 4.78 is 18.1. The highest BCUT2D eigenvalue weighted by Crippen LogP contribution is 2.27. The van der Waals surface area contributed by atoms with E-state index in [0.717, 1.165) is 6.07 Å². The SMILES string of the molecule is COC(=O)c1cc(F)c(Br)cc1N(C)C. The maximum atomic E-state index is 13.2. The summed E-state index contributed by atoms with van der Waals surface area (Å²) in [7, 11) is 4.81. The van der Waals surface area contributed by atoms with E-state index >= 15 is 0 Å². The number of rotatable bonds is 2. The lowest BCUT2D eigenvalue weighted by molar-refractivity contribution is 0.0601. The molecule has 0 aliphatic carbocycles. The van der Waals surface area contributed by atoms with Crippen molar-refractivity contribution in [2.24, 2.45) is 0 Å². The first-order chi connectivity index (χ1) is 6.97. The van der Waals surface area contributed by atoms with Crippen molar-refractivity contribution < 1.29 is 13.9 Å². The lowest BCUT2D eigenvalue weighted by atomic mass is 10.1. The molecule has 82 valence electrons. The Kier molecular flexibility index (Phi) is 3.68. The van der Waals surface area contributed by atoms with E-state index in [1.165, 1.54) is 7.11 Å². The van der Waals surface area contributed by atoms with Gasteiger partial charge in [-0.15, -0.1) is 0 Å². The second kappa shape index (κ2) is 4.61. The smallest absolute Gasteiger partial charge is 0.340 e. The van der Waals surface area contributed by atoms with Crippen molar-refractivity contribution in [1.82, 2.24) is 0 Å². The fourth-order valence-electron chi connectivity index (χ4n) is 1.18. The number of anilines is 1. The minimum Gasteiger partial charge on any atom is -0.465 e. The lowest BCUT2D eigenvalue weighted by Gasteiger charge is -2.16. The molecule has 0 radical (unpaired) electrons. The molecular weight excluding hydrogens is 265 g/mol. The van der Waals surface area contributed by atoms with Crippen molar-refractivity contribution in [3.8, 4) is 0 Å². The van der Waals surface area contributed by atoms with Gasteiger partial charge in [-0.3, -0.25) is 0 Å². The summed E-state index contributed by atoms with van der Waals surface area (Å²) in [6, 6.07) is 2.70. The van der Waals surface area contributed by atoms with Gasteiger partial charge in [-0.2, -0.15) is 0 Å². The number of ether oxygens (including phenoxy) is 1. The Morgan fingerprint density at radius 2 is 2.07 bits per heavy atom. The number of esters is 1. The van der Waals surface area contributed by atoms with Crippen LogP contribution in [-0.2, 0) is 4.74 Å². The van der Waals surface area contributed by atoms with Gasteiger partial charge in [0.25, 0.3) is 0 Å². The van der Waals surface area contributed by atoms with Crippen LogP contribution in [0.3, 0.4) is 0 Å². The Hall–Kier alpha value is -1.10. The highest BCUT2D eigenvalue weighted by Gasteiger charge is 2.16. The molecule has 0 fully saturated rings. The van der Waals surface area contributed by atoms with Crippen molar-refractivity contribution in [1.29, 1.82) is 0 Å². The zero-order valence-electron chi connectivity index (χ0n) is 8.67. The molecule has 0 N–H and O–H groups in total. The molecule has 3 nitrogen and oxygen atoms in total. The zero-order chi connectivity index (χ0) is 11.6. The fraction of sp³-hybridized carbons (Fsp3) is 0.300. The van der Waals surface area contributed by atoms with Gasteiger partial charge >= 0.3 is 5.97 Å². The van der Waals surface area contributed by atoms with E-state index in [0.29, 0.717) is 10.2 Å². The third-order valence-electron chi connectivity index (χ3n) is 1.93. The summed E-state index contributed by atoms with van der Waals surface area (Å²) in [6.45, 7) is 0. The normalized spacial score (nSPS) is 9.93. The molecule has 1 rings (SSSR count). The molecule has 0 aliphatic rings. The Bertz CT molecular complexity index is 393. The number of methoxy groups -OCH3 is 1. The molecule has 0 aliphatic heterocycles. The highest BCUT2D eigenvalue weighted by molar-refractivity contribution is 9.10. The van der Waals surface area contributed by atoms with Crippen LogP contribution in [0.25, 0.3) is 0 Å². The van der Waals surface area contributed by atoms with Crippen molar-refractivity contribution in [3.05, 3.63) is 28.0 Å². The Balaban J connectivity index is 3.34. The van der Waals surface area contributed by atoms with Gasteiger partial charge in [-0.25, -0.2) is 9.18 Å². The summed E-state index contributed by atoms with van der Waals surface area (Å²) in [5, 5.41) is 0. The number of carbonyl (C=O) groups excluding carboxylic acids is 1. The van der Waals surface area contributed by atoms with E-state index < -0.39 is 11.8 Å². The summed E-state index contributed by atoms with van der Waals surface area (Å²) in [6.07, 6.45) is 0. The molecule has 15 heavy (non-hydrogen) atoms. The average Bonchev–Trinajstić information content (AvgIpc) is 2.20. The van der Waals surface area contributed by atoms with E-state index in [1.807, 2.05) is 0 Å². The number of carbonyl (C=O) groups is 1. The van der Waals surface area contributed by atoms with Crippen molar-refractivity contribution in [2.75, 3.05) is 26.1 Å². The van der Waals surface area contributed by atoms with Gasteiger partial charge in [-0.1, -0.05) is 0 Å². The van der Waals surface area contributed by atoms with Crippen LogP contribution in [0.2, 0.25) is 0 Å². The van der Waals surface area contributed by atoms with Crippen LogP contribution in [-0.4, -0.2) is 27.2 Å². The van der Waals surface area contributed by atoms with E-state index in [2.05, 4.69) is 20.7 Å². The van der Waals surface area contributed by atoms with Crippen LogP contribution in [0.1, 0.15) is 10.4 Å². The summed E-state index contributed by atoms with van der Waals surface area (Å²) in [4.78, 5) is 13.1. The maximum absolute atomic E-state index is 13.2. The molecule has 0 spiro atoms. The quantitative estimate of drug-likeness (QED) is 0.777. The first kappa shape index (κ1) is 12.0. The van der Waals surface area contributed by atoms with Gasteiger partial charge in [0.2, 0.25) is 0 Å². The van der Waals surface area contributed by atoms with Crippen LogP contribution in [0.5, 0.6) is 0 Å². The molecule has 5 heteroatoms. The summed E-state index contributed by atoms with van der Waals surface area (Å²) >= 11 is 3.07. The van der Waals surface area contributed by atoms with Crippen LogP contribution in [0, 0.1) is 5.82 Å². The molecule has 0 heterocycles. The Morgan fingerprint density at radius 1 is 1.47 bits per heavy atom. The number of hydrogen-bond acceptors (Lipinski definition) is 3. The molecule has 1 aromatic rings. The molecule has 0 saturated heterocycles. The van der Waals surface area contributed by atoms with Gasteiger partial charge in [-0.05, 0) is 28.1 Å². The number of halogens is 2. The highest BCUT2D eigenvalue weighted by atomic mass is 79.9. The monoisotopic (exact) mass is 275 g/mol. The fourth-order valence-corrected chi connectivity index (χ4v) is 1.51. The number of nitrogens with zero attached hydrogens (tertiary/aromatic N) is 1. The Morgan fingerprint density at radius 3 is 2.53 bits per heavy atom. The average molecular weight is 276 g/mol. The van der Waals surface area contributed by atoms with Gasteiger partial charge in [0, 0.05) is 14.1 Å². The van der Waals surface area contributed by atoms with E-state index in [9.17, 15) is 9.18 Å². The van der Waals surface area contributed by atoms with Gasteiger partial charge in [0.1, 0.15) is 5.82 Å². The van der Waals surface area contributed by atoms with Crippen LogP contribution >= 0.6 is 15.9 Å². The van der Waals surface area contributed by atoms with Crippen molar-refractivity contribution >= 4 is 27.6 Å². The minimum absolute atomic E-state index is 0.211. The maximum Gasteiger partial charge on any atom is 0.340 e. The largest absolute Gasteiger partial charge is 0.465 e. The van der Waals surface area contributed by atoms with Crippen LogP contribution in [0.15, 0.2) is 16.6 Å². The first-order valence-electron chi connectivity index (χ1n) is 4.22. The second-order valence-corrected chi connectivity index (χ2v) is 4.02. The number of benzene rings is 1. The van der Waals surface area contributed by atoms with Crippen molar-refractivity contribution in [2.45, 2.75) is 0 Å². The molecule has 0 saturated carbocycles. The molecular formula is C10H11BrFNO2. The molecule has 0 aromatic heterocycles. The molecule has 1 aromatic carbocycles. The third-order valence-corrected chi connectivity index (χ3v) is 2.53. The minimum atomic E-state index is -0.551. The van der Waals surface area contributed by atoms with Crippen LogP contribution in [0.4, 0.5) is 10.1 Å². The third kappa shape index (κ3) is 2.47. The Labute approximate surface area is 96.0 Å². The molecule has 0 amide bonds. The molecule has 0 atom stereocenters. The van der Waals surface area contributed by atoms with Crippen LogP contribution < -0.4 is 4.90 Å². The zero-order valence-corrected chi connectivity index (χ0v) is 10.3. The van der Waals surface area contributed by atoms with Crippen molar-refractivity contribution in [3.63, 3.8) is 0 Å². The number of hydrogen-bond donors (Lipinski definition) is 0. The second-order valence-electron chi connectivity index (χ2n) is 3.17. The molecule has 0 unspecified atom stereocenters. The first-order valence-corrected chi connectivity index (χ1v) is 5.01. The molecule has 0 bridgehead atoms. The topological polar surface area (TPSA) is 29.5 Å². The standard InChI is InChI=1S/C10H11BrFNO2/c1-13(2)9-5-7(11)8(12)4-6(9)10(14)15-3/h4-5H,1-3H3. The lowest BCUT2D eigenvalue weighted by Crippen LogP contribution is -2.15. The summed E-state index contributed by atoms with van der Waals surface area (Å²) in [5.41, 5.74) is 0.818. The predicted octanol–water partition coefficient (Wildman–Crippen LogP) is 2.44. The van der Waals surface area contributed by atoms with E-state index in [-0.39, 0.29) is 5.56 Å². The van der Waals surface area contributed by atoms with Gasteiger partial charge < -0.3 is 9.64 Å². The van der Waals surface area contributed by atoms with E-state index in [4.69, 9.17) is 0 Å². The summed E-state index contributed by atoms with van der Waals surface area (Å²) in [5.74, 6) is -1.04.